The van der Waals surface area contributed by atoms with Gasteiger partial charge in [-0.2, -0.15) is 0 Å². The molecule has 2 aromatic carbocycles. The standard InChI is InChI=1S/C19H17F3N2O3/c20-14-3-2-13(17(21)18(14)22)19(25)24-7-5-23(6-8-24)10-12-1-4-15-16(9-12)27-11-26-15/h1-4,9H,5-8,10-11H2. The van der Waals surface area contributed by atoms with Gasteiger partial charge in [0.15, 0.2) is 29.0 Å². The molecule has 2 aliphatic rings. The molecule has 2 aliphatic heterocycles. The maximum absolute atomic E-state index is 13.8. The van der Waals surface area contributed by atoms with Gasteiger partial charge in [-0.05, 0) is 29.8 Å². The van der Waals surface area contributed by atoms with Crippen LogP contribution >= 0.6 is 0 Å². The molecule has 0 saturated carbocycles. The number of halogens is 3. The van der Waals surface area contributed by atoms with Gasteiger partial charge in [0.1, 0.15) is 0 Å². The van der Waals surface area contributed by atoms with E-state index in [1.165, 1.54) is 4.90 Å². The first-order valence-corrected chi connectivity index (χ1v) is 8.56. The molecule has 0 N–H and O–H groups in total. The van der Waals surface area contributed by atoms with Crippen LogP contribution in [0.2, 0.25) is 0 Å². The molecule has 0 radical (unpaired) electrons. The number of carbonyl (C=O) groups is 1. The molecule has 8 heteroatoms. The summed E-state index contributed by atoms with van der Waals surface area (Å²) in [4.78, 5) is 16.0. The molecule has 0 aromatic heterocycles. The van der Waals surface area contributed by atoms with Crippen LogP contribution in [0.5, 0.6) is 11.5 Å². The van der Waals surface area contributed by atoms with Gasteiger partial charge in [-0.25, -0.2) is 13.2 Å². The van der Waals surface area contributed by atoms with E-state index in [9.17, 15) is 18.0 Å². The van der Waals surface area contributed by atoms with E-state index in [0.717, 1.165) is 29.2 Å². The Balaban J connectivity index is 1.37. The van der Waals surface area contributed by atoms with Gasteiger partial charge in [0.05, 0.1) is 5.56 Å². The Morgan fingerprint density at radius 1 is 0.926 bits per heavy atom. The van der Waals surface area contributed by atoms with E-state index in [1.807, 2.05) is 18.2 Å². The SMILES string of the molecule is O=C(c1ccc(F)c(F)c1F)N1CCN(Cc2ccc3c(c2)OCO3)CC1. The highest BCUT2D eigenvalue weighted by Gasteiger charge is 2.26. The van der Waals surface area contributed by atoms with E-state index in [4.69, 9.17) is 9.47 Å². The zero-order chi connectivity index (χ0) is 19.0. The molecule has 0 unspecified atom stereocenters. The number of piperazine rings is 1. The number of nitrogens with zero attached hydrogens (tertiary/aromatic N) is 2. The Hall–Kier alpha value is -2.74. The molecular weight excluding hydrogens is 361 g/mol. The van der Waals surface area contributed by atoms with Crippen LogP contribution in [0.1, 0.15) is 15.9 Å². The van der Waals surface area contributed by atoms with Crippen LogP contribution in [0, 0.1) is 17.5 Å². The van der Waals surface area contributed by atoms with E-state index in [1.54, 1.807) is 0 Å². The zero-order valence-electron chi connectivity index (χ0n) is 14.4. The predicted molar refractivity (Wildman–Crippen MR) is 90.1 cm³/mol. The van der Waals surface area contributed by atoms with Crippen LogP contribution < -0.4 is 9.47 Å². The molecule has 1 saturated heterocycles. The number of rotatable bonds is 3. The fraction of sp³-hybridized carbons (Fsp3) is 0.316. The zero-order valence-corrected chi connectivity index (χ0v) is 14.4. The lowest BCUT2D eigenvalue weighted by Crippen LogP contribution is -2.48. The summed E-state index contributed by atoms with van der Waals surface area (Å²) in [7, 11) is 0. The minimum atomic E-state index is -1.62. The number of amides is 1. The Labute approximate surface area is 153 Å². The van der Waals surface area contributed by atoms with Crippen LogP contribution in [-0.2, 0) is 6.54 Å². The molecule has 0 spiro atoms. The van der Waals surface area contributed by atoms with Crippen LogP contribution in [0.4, 0.5) is 13.2 Å². The Kier molecular flexibility index (Phi) is 4.65. The number of ether oxygens (including phenoxy) is 2. The molecule has 0 bridgehead atoms. The van der Waals surface area contributed by atoms with E-state index >= 15 is 0 Å². The largest absolute Gasteiger partial charge is 0.454 e. The number of fused-ring (bicyclic) bond motifs is 1. The molecule has 142 valence electrons. The number of hydrogen-bond donors (Lipinski definition) is 0. The summed E-state index contributed by atoms with van der Waals surface area (Å²) in [6.45, 7) is 2.83. The lowest BCUT2D eigenvalue weighted by Gasteiger charge is -2.34. The molecule has 1 amide bonds. The minimum Gasteiger partial charge on any atom is -0.454 e. The summed E-state index contributed by atoms with van der Waals surface area (Å²) in [5.41, 5.74) is 0.615. The van der Waals surface area contributed by atoms with Gasteiger partial charge in [0.25, 0.3) is 5.91 Å². The molecule has 2 heterocycles. The molecule has 0 atom stereocenters. The molecule has 0 aliphatic carbocycles. The molecule has 27 heavy (non-hydrogen) atoms. The summed E-state index contributed by atoms with van der Waals surface area (Å²) < 4.78 is 50.9. The molecule has 1 fully saturated rings. The third-order valence-corrected chi connectivity index (χ3v) is 4.77. The topological polar surface area (TPSA) is 42.0 Å². The molecule has 5 nitrogen and oxygen atoms in total. The number of benzene rings is 2. The first-order chi connectivity index (χ1) is 13.0. The third-order valence-electron chi connectivity index (χ3n) is 4.77. The second-order valence-electron chi connectivity index (χ2n) is 6.48. The maximum Gasteiger partial charge on any atom is 0.257 e. The first kappa shape index (κ1) is 17.7. The van der Waals surface area contributed by atoms with E-state index in [0.29, 0.717) is 32.7 Å². The summed E-state index contributed by atoms with van der Waals surface area (Å²) in [5.74, 6) is -3.56. The van der Waals surface area contributed by atoms with Crippen LogP contribution in [0.15, 0.2) is 30.3 Å². The van der Waals surface area contributed by atoms with Gasteiger partial charge in [-0.15, -0.1) is 0 Å². The highest BCUT2D eigenvalue weighted by atomic mass is 19.2. The summed E-state index contributed by atoms with van der Waals surface area (Å²) >= 11 is 0. The van der Waals surface area contributed by atoms with Crippen LogP contribution in [0.3, 0.4) is 0 Å². The molecule has 4 rings (SSSR count). The van der Waals surface area contributed by atoms with Gasteiger partial charge in [0, 0.05) is 32.7 Å². The van der Waals surface area contributed by atoms with Gasteiger partial charge >= 0.3 is 0 Å². The van der Waals surface area contributed by atoms with Gasteiger partial charge in [-0.1, -0.05) is 6.07 Å². The predicted octanol–water partition coefficient (Wildman–Crippen LogP) is 2.79. The normalized spacial score (nSPS) is 16.6. The third kappa shape index (κ3) is 3.44. The lowest BCUT2D eigenvalue weighted by atomic mass is 10.1. The molecule has 2 aromatic rings. The summed E-state index contributed by atoms with van der Waals surface area (Å²) in [6, 6.07) is 7.50. The smallest absolute Gasteiger partial charge is 0.257 e. The second-order valence-corrected chi connectivity index (χ2v) is 6.48. The lowest BCUT2D eigenvalue weighted by molar-refractivity contribution is 0.0622. The van der Waals surface area contributed by atoms with Gasteiger partial charge in [0.2, 0.25) is 6.79 Å². The van der Waals surface area contributed by atoms with Crippen molar-refractivity contribution in [2.24, 2.45) is 0 Å². The highest BCUT2D eigenvalue weighted by Crippen LogP contribution is 2.32. The quantitative estimate of drug-likeness (QED) is 0.771. The number of hydrogen-bond acceptors (Lipinski definition) is 4. The maximum atomic E-state index is 13.8. The van der Waals surface area contributed by atoms with Gasteiger partial charge in [-0.3, -0.25) is 9.69 Å². The van der Waals surface area contributed by atoms with Crippen molar-refractivity contribution in [1.29, 1.82) is 0 Å². The van der Waals surface area contributed by atoms with Gasteiger partial charge < -0.3 is 14.4 Å². The fourth-order valence-electron chi connectivity index (χ4n) is 3.27. The van der Waals surface area contributed by atoms with Crippen molar-refractivity contribution in [1.82, 2.24) is 9.80 Å². The minimum absolute atomic E-state index is 0.222. The van der Waals surface area contributed by atoms with Crippen molar-refractivity contribution in [3.63, 3.8) is 0 Å². The van der Waals surface area contributed by atoms with Crippen molar-refractivity contribution < 1.29 is 27.4 Å². The van der Waals surface area contributed by atoms with Crippen molar-refractivity contribution in [3.8, 4) is 11.5 Å². The Morgan fingerprint density at radius 2 is 1.67 bits per heavy atom. The van der Waals surface area contributed by atoms with Crippen molar-refractivity contribution in [2.45, 2.75) is 6.54 Å². The van der Waals surface area contributed by atoms with Crippen LogP contribution in [-0.4, -0.2) is 48.7 Å². The van der Waals surface area contributed by atoms with E-state index in [-0.39, 0.29) is 6.79 Å². The first-order valence-electron chi connectivity index (χ1n) is 8.56. The van der Waals surface area contributed by atoms with Crippen molar-refractivity contribution in [3.05, 3.63) is 58.9 Å². The highest BCUT2D eigenvalue weighted by molar-refractivity contribution is 5.94. The Bertz CT molecular complexity index is 883. The monoisotopic (exact) mass is 378 g/mol. The van der Waals surface area contributed by atoms with Crippen LogP contribution in [0.25, 0.3) is 0 Å². The van der Waals surface area contributed by atoms with Crippen molar-refractivity contribution >= 4 is 5.91 Å². The summed E-state index contributed by atoms with van der Waals surface area (Å²) in [6.07, 6.45) is 0. The van der Waals surface area contributed by atoms with E-state index < -0.39 is 28.9 Å². The average molecular weight is 378 g/mol. The van der Waals surface area contributed by atoms with E-state index in [2.05, 4.69) is 4.90 Å². The van der Waals surface area contributed by atoms with Crippen molar-refractivity contribution in [2.75, 3.05) is 33.0 Å². The fourth-order valence-corrected chi connectivity index (χ4v) is 3.27. The second kappa shape index (κ2) is 7.11. The average Bonchev–Trinajstić information content (AvgIpc) is 3.14. The number of carbonyl (C=O) groups excluding carboxylic acids is 1. The Morgan fingerprint density at radius 3 is 2.44 bits per heavy atom. The summed E-state index contributed by atoms with van der Waals surface area (Å²) in [5, 5.41) is 0. The molecular formula is C19H17F3N2O3.